The van der Waals surface area contributed by atoms with Gasteiger partial charge in [-0.15, -0.1) is 0 Å². The summed E-state index contributed by atoms with van der Waals surface area (Å²) < 4.78 is 0. The van der Waals surface area contributed by atoms with Crippen molar-refractivity contribution in [2.45, 2.75) is 33.2 Å². The molecule has 0 saturated heterocycles. The SMILES string of the molecule is Cc1ccc(CC(C)NC(=O)c2cc(C(=O)O)ccn2)c(C)c1. The third-order valence-electron chi connectivity index (χ3n) is 3.64. The number of aryl methyl sites for hydroxylation is 2. The molecular weight excluding hydrogens is 292 g/mol. The van der Waals surface area contributed by atoms with Crippen LogP contribution >= 0.6 is 0 Å². The van der Waals surface area contributed by atoms with Gasteiger partial charge in [0, 0.05) is 12.2 Å². The largest absolute Gasteiger partial charge is 0.478 e. The first-order chi connectivity index (χ1) is 10.9. The summed E-state index contributed by atoms with van der Waals surface area (Å²) in [5, 5.41) is 11.8. The van der Waals surface area contributed by atoms with Crippen LogP contribution in [-0.4, -0.2) is 28.0 Å². The molecule has 1 amide bonds. The predicted octanol–water partition coefficient (Wildman–Crippen LogP) is 2.76. The smallest absolute Gasteiger partial charge is 0.335 e. The van der Waals surface area contributed by atoms with Gasteiger partial charge in [-0.05, 0) is 50.5 Å². The maximum Gasteiger partial charge on any atom is 0.335 e. The number of hydrogen-bond acceptors (Lipinski definition) is 3. The van der Waals surface area contributed by atoms with E-state index >= 15 is 0 Å². The summed E-state index contributed by atoms with van der Waals surface area (Å²) in [6.07, 6.45) is 2.03. The Morgan fingerprint density at radius 1 is 1.22 bits per heavy atom. The van der Waals surface area contributed by atoms with E-state index < -0.39 is 5.97 Å². The number of nitrogens with zero attached hydrogens (tertiary/aromatic N) is 1. The van der Waals surface area contributed by atoms with Gasteiger partial charge in [0.1, 0.15) is 5.69 Å². The molecule has 23 heavy (non-hydrogen) atoms. The van der Waals surface area contributed by atoms with E-state index in [-0.39, 0.29) is 23.2 Å². The molecule has 0 spiro atoms. The topological polar surface area (TPSA) is 79.3 Å². The van der Waals surface area contributed by atoms with Crippen LogP contribution in [-0.2, 0) is 6.42 Å². The van der Waals surface area contributed by atoms with Gasteiger partial charge in [0.05, 0.1) is 5.56 Å². The molecule has 1 aromatic heterocycles. The van der Waals surface area contributed by atoms with E-state index in [0.717, 1.165) is 0 Å². The molecule has 120 valence electrons. The van der Waals surface area contributed by atoms with Crippen LogP contribution in [0.2, 0.25) is 0 Å². The number of benzene rings is 1. The Balaban J connectivity index is 2.04. The number of amides is 1. The number of hydrogen-bond donors (Lipinski definition) is 2. The second-order valence-corrected chi connectivity index (χ2v) is 5.74. The summed E-state index contributed by atoms with van der Waals surface area (Å²) in [5.41, 5.74) is 3.73. The fraction of sp³-hybridized carbons (Fsp3) is 0.278. The van der Waals surface area contributed by atoms with Crippen LogP contribution in [0.4, 0.5) is 0 Å². The zero-order valence-electron chi connectivity index (χ0n) is 13.5. The van der Waals surface area contributed by atoms with Crippen LogP contribution in [0.5, 0.6) is 0 Å². The highest BCUT2D eigenvalue weighted by Gasteiger charge is 2.14. The standard InChI is InChI=1S/C18H20N2O3/c1-11-4-5-14(12(2)8-11)9-13(3)20-17(21)16-10-15(18(22)23)6-7-19-16/h4-8,10,13H,9H2,1-3H3,(H,20,21)(H,22,23). The second kappa shape index (κ2) is 7.05. The van der Waals surface area contributed by atoms with Gasteiger partial charge in [0.15, 0.2) is 0 Å². The average molecular weight is 312 g/mol. The van der Waals surface area contributed by atoms with Crippen molar-refractivity contribution < 1.29 is 14.7 Å². The highest BCUT2D eigenvalue weighted by Crippen LogP contribution is 2.13. The summed E-state index contributed by atoms with van der Waals surface area (Å²) >= 11 is 0. The van der Waals surface area contributed by atoms with E-state index in [1.165, 1.54) is 35.0 Å². The van der Waals surface area contributed by atoms with Crippen LogP contribution in [0.25, 0.3) is 0 Å². The lowest BCUT2D eigenvalue weighted by Gasteiger charge is -2.15. The van der Waals surface area contributed by atoms with Gasteiger partial charge in [-0.2, -0.15) is 0 Å². The first-order valence-electron chi connectivity index (χ1n) is 7.43. The van der Waals surface area contributed by atoms with Crippen LogP contribution in [0, 0.1) is 13.8 Å². The minimum atomic E-state index is -1.08. The quantitative estimate of drug-likeness (QED) is 0.889. The van der Waals surface area contributed by atoms with Crippen molar-refractivity contribution in [1.29, 1.82) is 0 Å². The molecule has 0 bridgehead atoms. The highest BCUT2D eigenvalue weighted by atomic mass is 16.4. The Morgan fingerprint density at radius 3 is 2.61 bits per heavy atom. The number of rotatable bonds is 5. The molecule has 0 aliphatic carbocycles. The van der Waals surface area contributed by atoms with Crippen molar-refractivity contribution in [3.05, 3.63) is 64.5 Å². The van der Waals surface area contributed by atoms with E-state index in [4.69, 9.17) is 5.11 Å². The highest BCUT2D eigenvalue weighted by molar-refractivity contribution is 5.95. The summed E-state index contributed by atoms with van der Waals surface area (Å²) in [5.74, 6) is -1.45. The van der Waals surface area contributed by atoms with E-state index in [2.05, 4.69) is 35.4 Å². The Bertz CT molecular complexity index is 741. The van der Waals surface area contributed by atoms with Crippen molar-refractivity contribution in [2.24, 2.45) is 0 Å². The number of aromatic nitrogens is 1. The second-order valence-electron chi connectivity index (χ2n) is 5.74. The summed E-state index contributed by atoms with van der Waals surface area (Å²) in [7, 11) is 0. The molecule has 0 fully saturated rings. The Morgan fingerprint density at radius 2 is 1.96 bits per heavy atom. The van der Waals surface area contributed by atoms with E-state index in [1.54, 1.807) is 0 Å². The summed E-state index contributed by atoms with van der Waals surface area (Å²) in [6, 6.07) is 8.78. The maximum atomic E-state index is 12.2. The van der Waals surface area contributed by atoms with Crippen molar-refractivity contribution in [3.63, 3.8) is 0 Å². The van der Waals surface area contributed by atoms with Gasteiger partial charge in [0.2, 0.25) is 0 Å². The number of nitrogens with one attached hydrogen (secondary N) is 1. The minimum Gasteiger partial charge on any atom is -0.478 e. The van der Waals surface area contributed by atoms with Gasteiger partial charge in [0.25, 0.3) is 5.91 Å². The van der Waals surface area contributed by atoms with Crippen molar-refractivity contribution in [1.82, 2.24) is 10.3 Å². The van der Waals surface area contributed by atoms with Gasteiger partial charge >= 0.3 is 5.97 Å². The van der Waals surface area contributed by atoms with Gasteiger partial charge in [-0.1, -0.05) is 23.8 Å². The van der Waals surface area contributed by atoms with Gasteiger partial charge in [-0.25, -0.2) is 4.79 Å². The lowest BCUT2D eigenvalue weighted by Crippen LogP contribution is -2.34. The Kier molecular flexibility index (Phi) is 5.11. The molecule has 0 aliphatic heterocycles. The number of carbonyl (C=O) groups excluding carboxylic acids is 1. The molecule has 0 aliphatic rings. The number of carboxylic acid groups (broad SMARTS) is 1. The summed E-state index contributed by atoms with van der Waals surface area (Å²) in [4.78, 5) is 27.1. The molecule has 1 aromatic carbocycles. The first kappa shape index (κ1) is 16.7. The molecule has 1 atom stereocenters. The van der Waals surface area contributed by atoms with Gasteiger partial charge in [-0.3, -0.25) is 9.78 Å². The lowest BCUT2D eigenvalue weighted by atomic mass is 10.00. The number of aromatic carboxylic acids is 1. The van der Waals surface area contributed by atoms with Crippen molar-refractivity contribution >= 4 is 11.9 Å². The molecule has 0 radical (unpaired) electrons. The third-order valence-corrected chi connectivity index (χ3v) is 3.64. The van der Waals surface area contributed by atoms with Crippen LogP contribution in [0.1, 0.15) is 44.5 Å². The zero-order chi connectivity index (χ0) is 17.0. The fourth-order valence-corrected chi connectivity index (χ4v) is 2.44. The summed E-state index contributed by atoms with van der Waals surface area (Å²) in [6.45, 7) is 6.01. The molecule has 5 nitrogen and oxygen atoms in total. The van der Waals surface area contributed by atoms with Crippen molar-refractivity contribution in [3.8, 4) is 0 Å². The minimum absolute atomic E-state index is 0.0483. The molecule has 1 unspecified atom stereocenters. The fourth-order valence-electron chi connectivity index (χ4n) is 2.44. The van der Waals surface area contributed by atoms with Crippen LogP contribution in [0.15, 0.2) is 36.5 Å². The lowest BCUT2D eigenvalue weighted by molar-refractivity contribution is 0.0696. The zero-order valence-corrected chi connectivity index (χ0v) is 13.5. The molecule has 2 rings (SSSR count). The third kappa shape index (κ3) is 4.39. The van der Waals surface area contributed by atoms with E-state index in [1.807, 2.05) is 13.8 Å². The molecule has 5 heteroatoms. The van der Waals surface area contributed by atoms with Gasteiger partial charge < -0.3 is 10.4 Å². The first-order valence-corrected chi connectivity index (χ1v) is 7.43. The Labute approximate surface area is 135 Å². The van der Waals surface area contributed by atoms with Crippen LogP contribution in [0.3, 0.4) is 0 Å². The number of pyridine rings is 1. The number of carboxylic acids is 1. The molecule has 2 aromatic rings. The molecule has 0 saturated carbocycles. The maximum absolute atomic E-state index is 12.2. The molecule has 1 heterocycles. The van der Waals surface area contributed by atoms with E-state index in [0.29, 0.717) is 6.42 Å². The van der Waals surface area contributed by atoms with Crippen molar-refractivity contribution in [2.75, 3.05) is 0 Å². The molecular formula is C18H20N2O3. The number of carbonyl (C=O) groups is 2. The Hall–Kier alpha value is -2.69. The molecule has 2 N–H and O–H groups in total. The average Bonchev–Trinajstić information content (AvgIpc) is 2.50. The normalized spacial score (nSPS) is 11.8. The monoisotopic (exact) mass is 312 g/mol. The predicted molar refractivity (Wildman–Crippen MR) is 87.7 cm³/mol. The van der Waals surface area contributed by atoms with E-state index in [9.17, 15) is 9.59 Å². The van der Waals surface area contributed by atoms with Crippen LogP contribution < -0.4 is 5.32 Å².